The van der Waals surface area contributed by atoms with Crippen LogP contribution >= 0.6 is 15.9 Å². The second kappa shape index (κ2) is 4.90. The number of imidazole rings is 1. The zero-order valence-electron chi connectivity index (χ0n) is 10.9. The molecule has 102 valence electrons. The number of aryl methyl sites for hydroxylation is 1. The van der Waals surface area contributed by atoms with E-state index in [0.29, 0.717) is 22.3 Å². The number of rotatable bonds is 2. The Morgan fingerprint density at radius 1 is 1.30 bits per heavy atom. The molecule has 0 amide bonds. The summed E-state index contributed by atoms with van der Waals surface area (Å²) in [5.74, 6) is 0.515. The van der Waals surface area contributed by atoms with Crippen molar-refractivity contribution in [2.45, 2.75) is 13.3 Å². The van der Waals surface area contributed by atoms with Crippen LogP contribution in [0, 0.1) is 5.82 Å². The minimum atomic E-state index is -0.287. The quantitative estimate of drug-likeness (QED) is 0.718. The average molecular weight is 334 g/mol. The molecular weight excluding hydrogens is 321 g/mol. The molecule has 0 spiro atoms. The molecule has 5 heteroatoms. The molecule has 0 saturated heterocycles. The zero-order chi connectivity index (χ0) is 14.3. The van der Waals surface area contributed by atoms with Crippen LogP contribution in [0.15, 0.2) is 40.9 Å². The molecule has 0 saturated carbocycles. The summed E-state index contributed by atoms with van der Waals surface area (Å²) in [5, 5.41) is 0. The van der Waals surface area contributed by atoms with Crippen molar-refractivity contribution in [2.75, 3.05) is 5.73 Å². The lowest BCUT2D eigenvalue weighted by atomic mass is 10.2. The van der Waals surface area contributed by atoms with E-state index < -0.39 is 0 Å². The molecule has 0 aliphatic heterocycles. The lowest BCUT2D eigenvalue weighted by molar-refractivity contribution is 0.615. The van der Waals surface area contributed by atoms with E-state index in [9.17, 15) is 4.39 Å². The van der Waals surface area contributed by atoms with Crippen LogP contribution in [0.4, 0.5) is 10.1 Å². The number of para-hydroxylation sites is 1. The van der Waals surface area contributed by atoms with E-state index in [1.807, 2.05) is 23.6 Å². The molecule has 0 bridgehead atoms. The van der Waals surface area contributed by atoms with Gasteiger partial charge in [-0.2, -0.15) is 0 Å². The van der Waals surface area contributed by atoms with E-state index in [1.165, 1.54) is 6.07 Å². The molecular formula is C15H13BrFN3. The number of halogens is 2. The third kappa shape index (κ3) is 1.98. The van der Waals surface area contributed by atoms with Gasteiger partial charge in [-0.25, -0.2) is 9.37 Å². The third-order valence-electron chi connectivity index (χ3n) is 3.23. The fourth-order valence-corrected chi connectivity index (χ4v) is 2.86. The van der Waals surface area contributed by atoms with Crippen LogP contribution in [0.2, 0.25) is 0 Å². The van der Waals surface area contributed by atoms with Crippen LogP contribution in [0.3, 0.4) is 0 Å². The first-order chi connectivity index (χ1) is 9.61. The Hall–Kier alpha value is -1.88. The van der Waals surface area contributed by atoms with E-state index in [0.717, 1.165) is 16.9 Å². The molecule has 0 unspecified atom stereocenters. The lowest BCUT2D eigenvalue weighted by Crippen LogP contribution is -2.03. The summed E-state index contributed by atoms with van der Waals surface area (Å²) in [6, 6.07) is 10.4. The van der Waals surface area contributed by atoms with E-state index in [-0.39, 0.29) is 5.82 Å². The van der Waals surface area contributed by atoms with Gasteiger partial charge in [0.2, 0.25) is 0 Å². The number of nitrogens with two attached hydrogens (primary N) is 1. The summed E-state index contributed by atoms with van der Waals surface area (Å²) >= 11 is 3.42. The predicted octanol–water partition coefficient (Wildman–Crippen LogP) is 4.07. The van der Waals surface area contributed by atoms with Gasteiger partial charge in [0, 0.05) is 16.6 Å². The van der Waals surface area contributed by atoms with Crippen molar-refractivity contribution in [1.82, 2.24) is 9.55 Å². The number of aromatic nitrogens is 2. The Bertz CT molecular complexity index is 775. The number of fused-ring (bicyclic) bond motifs is 1. The Labute approximate surface area is 124 Å². The standard InChI is InChI=1S/C15H13BrFN3/c1-2-14-19-12-8-9(18)6-7-13(12)20(14)15-10(16)4-3-5-11(15)17/h3-8H,2,18H2,1H3. The van der Waals surface area contributed by atoms with E-state index in [2.05, 4.69) is 20.9 Å². The van der Waals surface area contributed by atoms with Crippen LogP contribution in [-0.2, 0) is 6.42 Å². The highest BCUT2D eigenvalue weighted by Crippen LogP contribution is 2.30. The maximum atomic E-state index is 14.2. The van der Waals surface area contributed by atoms with Gasteiger partial charge in [-0.1, -0.05) is 13.0 Å². The zero-order valence-corrected chi connectivity index (χ0v) is 12.5. The van der Waals surface area contributed by atoms with Crippen LogP contribution < -0.4 is 5.73 Å². The van der Waals surface area contributed by atoms with Crippen molar-refractivity contribution < 1.29 is 4.39 Å². The lowest BCUT2D eigenvalue weighted by Gasteiger charge is -2.11. The molecule has 0 atom stereocenters. The van der Waals surface area contributed by atoms with E-state index >= 15 is 0 Å². The van der Waals surface area contributed by atoms with Gasteiger partial charge in [-0.15, -0.1) is 0 Å². The summed E-state index contributed by atoms with van der Waals surface area (Å²) in [6.45, 7) is 2.00. The molecule has 0 fully saturated rings. The van der Waals surface area contributed by atoms with Crippen LogP contribution in [0.1, 0.15) is 12.7 Å². The molecule has 3 aromatic rings. The summed E-state index contributed by atoms with van der Waals surface area (Å²) in [4.78, 5) is 4.55. The topological polar surface area (TPSA) is 43.8 Å². The summed E-state index contributed by atoms with van der Waals surface area (Å²) in [5.41, 5.74) is 8.55. The predicted molar refractivity (Wildman–Crippen MR) is 82.5 cm³/mol. The van der Waals surface area contributed by atoms with Gasteiger partial charge in [0.25, 0.3) is 0 Å². The highest BCUT2D eigenvalue weighted by atomic mass is 79.9. The highest BCUT2D eigenvalue weighted by Gasteiger charge is 2.16. The van der Waals surface area contributed by atoms with Gasteiger partial charge in [-0.05, 0) is 46.3 Å². The second-order valence-electron chi connectivity index (χ2n) is 4.54. The highest BCUT2D eigenvalue weighted by molar-refractivity contribution is 9.10. The minimum absolute atomic E-state index is 0.287. The molecule has 20 heavy (non-hydrogen) atoms. The summed E-state index contributed by atoms with van der Waals surface area (Å²) in [7, 11) is 0. The maximum absolute atomic E-state index is 14.2. The Kier molecular flexibility index (Phi) is 3.22. The van der Waals surface area contributed by atoms with Crippen LogP contribution in [-0.4, -0.2) is 9.55 Å². The molecule has 1 aromatic heterocycles. The Balaban J connectivity index is 2.40. The maximum Gasteiger partial charge on any atom is 0.148 e. The summed E-state index contributed by atoms with van der Waals surface area (Å²) in [6.07, 6.45) is 0.704. The fourth-order valence-electron chi connectivity index (χ4n) is 2.34. The first-order valence-electron chi connectivity index (χ1n) is 6.33. The van der Waals surface area contributed by atoms with Crippen LogP contribution in [0.25, 0.3) is 16.7 Å². The van der Waals surface area contributed by atoms with Gasteiger partial charge in [0.05, 0.1) is 16.7 Å². The Morgan fingerprint density at radius 3 is 2.80 bits per heavy atom. The normalized spacial score (nSPS) is 11.2. The first-order valence-corrected chi connectivity index (χ1v) is 7.12. The van der Waals surface area contributed by atoms with Crippen molar-refractivity contribution in [3.63, 3.8) is 0 Å². The van der Waals surface area contributed by atoms with Crippen molar-refractivity contribution in [3.8, 4) is 5.69 Å². The van der Waals surface area contributed by atoms with E-state index in [1.54, 1.807) is 18.2 Å². The van der Waals surface area contributed by atoms with Gasteiger partial charge in [0.15, 0.2) is 0 Å². The number of hydrogen-bond acceptors (Lipinski definition) is 2. The molecule has 2 N–H and O–H groups in total. The fraction of sp³-hybridized carbons (Fsp3) is 0.133. The number of hydrogen-bond donors (Lipinski definition) is 1. The van der Waals surface area contributed by atoms with Crippen molar-refractivity contribution in [2.24, 2.45) is 0 Å². The molecule has 1 heterocycles. The van der Waals surface area contributed by atoms with Crippen molar-refractivity contribution in [3.05, 3.63) is 52.5 Å². The molecule has 0 aliphatic carbocycles. The number of nitrogen functional groups attached to an aromatic ring is 1. The molecule has 0 radical (unpaired) electrons. The number of anilines is 1. The molecule has 3 rings (SSSR count). The van der Waals surface area contributed by atoms with Crippen molar-refractivity contribution >= 4 is 32.7 Å². The second-order valence-corrected chi connectivity index (χ2v) is 5.39. The van der Waals surface area contributed by atoms with Gasteiger partial charge in [0.1, 0.15) is 11.6 Å². The monoisotopic (exact) mass is 333 g/mol. The van der Waals surface area contributed by atoms with Gasteiger partial charge < -0.3 is 5.73 Å². The molecule has 3 nitrogen and oxygen atoms in total. The number of nitrogens with zero attached hydrogens (tertiary/aromatic N) is 2. The van der Waals surface area contributed by atoms with Crippen molar-refractivity contribution in [1.29, 1.82) is 0 Å². The largest absolute Gasteiger partial charge is 0.399 e. The third-order valence-corrected chi connectivity index (χ3v) is 3.87. The number of benzene rings is 2. The molecule has 0 aliphatic rings. The smallest absolute Gasteiger partial charge is 0.148 e. The SMILES string of the molecule is CCc1nc2cc(N)ccc2n1-c1c(F)cccc1Br. The van der Waals surface area contributed by atoms with Gasteiger partial charge in [-0.3, -0.25) is 4.57 Å². The first kappa shape index (κ1) is 13.1. The molecule has 2 aromatic carbocycles. The van der Waals surface area contributed by atoms with E-state index in [4.69, 9.17) is 5.73 Å². The minimum Gasteiger partial charge on any atom is -0.399 e. The Morgan fingerprint density at radius 2 is 2.10 bits per heavy atom. The average Bonchev–Trinajstić information content (AvgIpc) is 2.76. The van der Waals surface area contributed by atoms with Gasteiger partial charge >= 0.3 is 0 Å². The summed E-state index contributed by atoms with van der Waals surface area (Å²) < 4.78 is 16.8. The van der Waals surface area contributed by atoms with Crippen LogP contribution in [0.5, 0.6) is 0 Å².